The molecule has 0 atom stereocenters. The lowest BCUT2D eigenvalue weighted by molar-refractivity contribution is -0.275. The second kappa shape index (κ2) is 5.22. The van der Waals surface area contributed by atoms with E-state index < -0.39 is 35.1 Å². The fourth-order valence-corrected chi connectivity index (χ4v) is 1.41. The van der Waals surface area contributed by atoms with Crippen molar-refractivity contribution in [2.75, 3.05) is 0 Å². The molecular formula is C8H4Cl2F5NO. The highest BCUT2D eigenvalue weighted by atomic mass is 35.5. The van der Waals surface area contributed by atoms with Crippen molar-refractivity contribution in [3.63, 3.8) is 0 Å². The summed E-state index contributed by atoms with van der Waals surface area (Å²) in [5.41, 5.74) is -1.21. The molecule has 0 aliphatic heterocycles. The first-order valence-electron chi connectivity index (χ1n) is 4.03. The highest BCUT2D eigenvalue weighted by Gasteiger charge is 2.33. The molecule has 1 aromatic heterocycles. The first kappa shape index (κ1) is 14.2. The zero-order valence-corrected chi connectivity index (χ0v) is 9.37. The van der Waals surface area contributed by atoms with E-state index in [0.717, 1.165) is 0 Å². The van der Waals surface area contributed by atoms with E-state index in [2.05, 4.69) is 9.72 Å². The third-order valence-corrected chi connectivity index (χ3v) is 2.19. The van der Waals surface area contributed by atoms with Gasteiger partial charge >= 0.3 is 6.36 Å². The molecule has 96 valence electrons. The number of ether oxygens (including phenoxy) is 1. The van der Waals surface area contributed by atoms with Crippen LogP contribution in [0.1, 0.15) is 17.7 Å². The third-order valence-electron chi connectivity index (χ3n) is 1.63. The van der Waals surface area contributed by atoms with E-state index in [-0.39, 0.29) is 5.69 Å². The van der Waals surface area contributed by atoms with E-state index in [4.69, 9.17) is 23.2 Å². The summed E-state index contributed by atoms with van der Waals surface area (Å²) in [5.74, 6) is -1.33. The van der Waals surface area contributed by atoms with Gasteiger partial charge in [-0.2, -0.15) is 0 Å². The van der Waals surface area contributed by atoms with E-state index in [9.17, 15) is 22.0 Å². The van der Waals surface area contributed by atoms with Gasteiger partial charge in [0.15, 0.2) is 5.75 Å². The maximum atomic E-state index is 12.4. The Kier molecular flexibility index (Phi) is 4.37. The van der Waals surface area contributed by atoms with Crippen LogP contribution in [0.25, 0.3) is 0 Å². The Morgan fingerprint density at radius 1 is 1.35 bits per heavy atom. The second-order valence-corrected chi connectivity index (χ2v) is 3.42. The molecule has 2 nitrogen and oxygen atoms in total. The maximum Gasteiger partial charge on any atom is 0.573 e. The van der Waals surface area contributed by atoms with Crippen LogP contribution in [0.4, 0.5) is 22.0 Å². The first-order chi connectivity index (χ1) is 7.74. The van der Waals surface area contributed by atoms with Gasteiger partial charge in [-0.15, -0.1) is 24.8 Å². The van der Waals surface area contributed by atoms with Crippen LogP contribution in [0.15, 0.2) is 6.07 Å². The normalized spacial score (nSPS) is 12.0. The Labute approximate surface area is 102 Å². The van der Waals surface area contributed by atoms with Gasteiger partial charge in [0.05, 0.1) is 17.1 Å². The SMILES string of the molecule is FC(F)c1cc(OC(F)(F)F)c(CCl)nc1Cl. The topological polar surface area (TPSA) is 22.1 Å². The van der Waals surface area contributed by atoms with Crippen molar-refractivity contribution in [1.82, 2.24) is 4.98 Å². The lowest BCUT2D eigenvalue weighted by atomic mass is 10.2. The Hall–Kier alpha value is -0.820. The molecule has 1 heterocycles. The molecule has 1 aromatic rings. The molecule has 0 amide bonds. The number of pyridine rings is 1. The molecule has 0 saturated carbocycles. The molecule has 0 aromatic carbocycles. The molecule has 0 aliphatic rings. The van der Waals surface area contributed by atoms with Gasteiger partial charge in [-0.1, -0.05) is 11.6 Å². The standard InChI is InChI=1S/C8H4Cl2F5NO/c9-2-4-5(17-8(13,14)15)1-3(7(11)12)6(10)16-4/h1,7H,2H2. The zero-order chi connectivity index (χ0) is 13.2. The molecule has 0 bridgehead atoms. The quantitative estimate of drug-likeness (QED) is 0.471. The van der Waals surface area contributed by atoms with Gasteiger partial charge in [-0.3, -0.25) is 0 Å². The van der Waals surface area contributed by atoms with E-state index in [1.165, 1.54) is 0 Å². The largest absolute Gasteiger partial charge is 0.573 e. The summed E-state index contributed by atoms with van der Waals surface area (Å²) in [5, 5.41) is -0.606. The van der Waals surface area contributed by atoms with Crippen LogP contribution in [0.5, 0.6) is 5.75 Å². The number of aromatic nitrogens is 1. The van der Waals surface area contributed by atoms with E-state index in [1.54, 1.807) is 0 Å². The number of hydrogen-bond acceptors (Lipinski definition) is 2. The highest BCUT2D eigenvalue weighted by Crippen LogP contribution is 2.34. The Balaban J connectivity index is 3.22. The lowest BCUT2D eigenvalue weighted by Crippen LogP contribution is -2.18. The average Bonchev–Trinajstić information content (AvgIpc) is 2.17. The van der Waals surface area contributed by atoms with Crippen LogP contribution in [0, 0.1) is 0 Å². The van der Waals surface area contributed by atoms with Gasteiger partial charge in [0.25, 0.3) is 6.43 Å². The van der Waals surface area contributed by atoms with Crippen LogP contribution in [0.3, 0.4) is 0 Å². The van der Waals surface area contributed by atoms with E-state index >= 15 is 0 Å². The number of halogens is 7. The zero-order valence-electron chi connectivity index (χ0n) is 7.86. The van der Waals surface area contributed by atoms with Crippen LogP contribution in [-0.2, 0) is 5.88 Å². The maximum absolute atomic E-state index is 12.4. The van der Waals surface area contributed by atoms with Crippen molar-refractivity contribution < 1.29 is 26.7 Å². The first-order valence-corrected chi connectivity index (χ1v) is 4.95. The van der Waals surface area contributed by atoms with Crippen LogP contribution in [0.2, 0.25) is 5.15 Å². The molecule has 0 saturated heterocycles. The Morgan fingerprint density at radius 2 is 1.94 bits per heavy atom. The molecule has 0 unspecified atom stereocenters. The summed E-state index contributed by atoms with van der Waals surface area (Å²) >= 11 is 10.7. The molecule has 9 heteroatoms. The number of hydrogen-bond donors (Lipinski definition) is 0. The average molecular weight is 296 g/mol. The number of alkyl halides is 6. The van der Waals surface area contributed by atoms with Gasteiger partial charge in [-0.05, 0) is 6.07 Å². The minimum Gasteiger partial charge on any atom is -0.404 e. The molecule has 1 rings (SSSR count). The second-order valence-electron chi connectivity index (χ2n) is 2.80. The Bertz CT molecular complexity index is 410. The third kappa shape index (κ3) is 3.85. The summed E-state index contributed by atoms with van der Waals surface area (Å²) < 4.78 is 64.2. The van der Waals surface area contributed by atoms with Gasteiger partial charge in [0, 0.05) is 0 Å². The molecule has 0 N–H and O–H groups in total. The summed E-state index contributed by atoms with van der Waals surface area (Å²) in [6.45, 7) is 0. The molecule has 0 radical (unpaired) electrons. The van der Waals surface area contributed by atoms with Crippen LogP contribution < -0.4 is 4.74 Å². The van der Waals surface area contributed by atoms with E-state index in [0.29, 0.717) is 6.07 Å². The summed E-state index contributed by atoms with van der Waals surface area (Å²) in [6, 6.07) is 0.477. The van der Waals surface area contributed by atoms with Crippen molar-refractivity contribution in [3.8, 4) is 5.75 Å². The van der Waals surface area contributed by atoms with Crippen molar-refractivity contribution >= 4 is 23.2 Å². The lowest BCUT2D eigenvalue weighted by Gasteiger charge is -2.13. The van der Waals surface area contributed by atoms with Crippen molar-refractivity contribution in [2.45, 2.75) is 18.7 Å². The van der Waals surface area contributed by atoms with Gasteiger partial charge < -0.3 is 4.74 Å². The monoisotopic (exact) mass is 295 g/mol. The highest BCUT2D eigenvalue weighted by molar-refractivity contribution is 6.30. The van der Waals surface area contributed by atoms with E-state index in [1.807, 2.05) is 0 Å². The molecule has 0 aliphatic carbocycles. The van der Waals surface area contributed by atoms with Gasteiger partial charge in [-0.25, -0.2) is 13.8 Å². The molecular weight excluding hydrogens is 292 g/mol. The molecule has 0 spiro atoms. The van der Waals surface area contributed by atoms with Crippen molar-refractivity contribution in [1.29, 1.82) is 0 Å². The van der Waals surface area contributed by atoms with Gasteiger partial charge in [0.1, 0.15) is 5.15 Å². The van der Waals surface area contributed by atoms with Gasteiger partial charge in [0.2, 0.25) is 0 Å². The van der Waals surface area contributed by atoms with Crippen molar-refractivity contribution in [3.05, 3.63) is 22.5 Å². The fraction of sp³-hybridized carbons (Fsp3) is 0.375. The Morgan fingerprint density at radius 3 is 2.35 bits per heavy atom. The van der Waals surface area contributed by atoms with Crippen molar-refractivity contribution in [2.24, 2.45) is 0 Å². The summed E-state index contributed by atoms with van der Waals surface area (Å²) in [7, 11) is 0. The number of rotatable bonds is 3. The predicted octanol–water partition coefficient (Wildman–Crippen LogP) is 4.31. The predicted molar refractivity (Wildman–Crippen MR) is 50.4 cm³/mol. The minimum absolute atomic E-state index is 0.363. The van der Waals surface area contributed by atoms with Crippen LogP contribution >= 0.6 is 23.2 Å². The molecule has 17 heavy (non-hydrogen) atoms. The fourth-order valence-electron chi connectivity index (χ4n) is 0.984. The molecule has 0 fully saturated rings. The number of nitrogens with zero attached hydrogens (tertiary/aromatic N) is 1. The van der Waals surface area contributed by atoms with Crippen LogP contribution in [-0.4, -0.2) is 11.3 Å². The minimum atomic E-state index is -5.02. The smallest absolute Gasteiger partial charge is 0.404 e. The summed E-state index contributed by atoms with van der Waals surface area (Å²) in [6.07, 6.45) is -8.08. The summed E-state index contributed by atoms with van der Waals surface area (Å²) in [4.78, 5) is 3.33.